The Morgan fingerprint density at radius 1 is 1.40 bits per heavy atom. The molecule has 3 rings (SSSR count). The van der Waals surface area contributed by atoms with Gasteiger partial charge in [0.25, 0.3) is 0 Å². The molecule has 0 bridgehead atoms. The van der Waals surface area contributed by atoms with Crippen molar-refractivity contribution in [1.82, 2.24) is 19.4 Å². The smallest absolute Gasteiger partial charge is 0.159 e. The van der Waals surface area contributed by atoms with Crippen molar-refractivity contribution in [3.63, 3.8) is 0 Å². The lowest BCUT2D eigenvalue weighted by atomic mass is 10.0. The normalized spacial score (nSPS) is 20.3. The Bertz CT molecular complexity index is 587. The van der Waals surface area contributed by atoms with Crippen molar-refractivity contribution >= 4 is 11.2 Å². The maximum Gasteiger partial charge on any atom is 0.159 e. The lowest BCUT2D eigenvalue weighted by Crippen LogP contribution is -2.28. The van der Waals surface area contributed by atoms with Gasteiger partial charge in [-0.15, -0.1) is 0 Å². The number of pyridine rings is 1. The fourth-order valence-corrected chi connectivity index (χ4v) is 3.25. The van der Waals surface area contributed by atoms with Gasteiger partial charge >= 0.3 is 0 Å². The summed E-state index contributed by atoms with van der Waals surface area (Å²) in [6.45, 7) is 10.1. The van der Waals surface area contributed by atoms with Crippen molar-refractivity contribution in [2.24, 2.45) is 5.92 Å². The molecule has 4 heteroatoms. The van der Waals surface area contributed by atoms with Crippen LogP contribution in [0.5, 0.6) is 0 Å². The average molecular weight is 272 g/mol. The summed E-state index contributed by atoms with van der Waals surface area (Å²) in [6, 6.07) is 4.69. The first-order chi connectivity index (χ1) is 9.69. The van der Waals surface area contributed by atoms with Crippen molar-refractivity contribution < 1.29 is 0 Å². The lowest BCUT2D eigenvalue weighted by Gasteiger charge is -2.20. The summed E-state index contributed by atoms with van der Waals surface area (Å²) in [5, 5.41) is 0. The van der Waals surface area contributed by atoms with E-state index in [1.54, 1.807) is 0 Å². The molecular weight excluding hydrogens is 248 g/mol. The number of imidazole rings is 1. The standard InChI is InChI=1S/C16H24N4/c1-4-20-15(18-14-6-5-8-17-16(14)20)10-13-7-9-19(11-13)12(2)3/h5-6,8,12-13H,4,7,9-11H2,1-3H3. The van der Waals surface area contributed by atoms with Crippen LogP contribution in [0, 0.1) is 5.92 Å². The van der Waals surface area contributed by atoms with E-state index >= 15 is 0 Å². The Morgan fingerprint density at radius 3 is 2.95 bits per heavy atom. The largest absolute Gasteiger partial charge is 0.313 e. The molecule has 0 saturated carbocycles. The molecule has 0 N–H and O–H groups in total. The summed E-state index contributed by atoms with van der Waals surface area (Å²) in [5.41, 5.74) is 2.06. The van der Waals surface area contributed by atoms with Gasteiger partial charge in [0.1, 0.15) is 11.3 Å². The van der Waals surface area contributed by atoms with Crippen molar-refractivity contribution in [1.29, 1.82) is 0 Å². The molecule has 2 aromatic heterocycles. The van der Waals surface area contributed by atoms with Crippen LogP contribution in [0.4, 0.5) is 0 Å². The maximum atomic E-state index is 4.80. The van der Waals surface area contributed by atoms with Crippen molar-refractivity contribution in [3.05, 3.63) is 24.2 Å². The summed E-state index contributed by atoms with van der Waals surface area (Å²) in [7, 11) is 0. The molecule has 0 aromatic carbocycles. The molecule has 0 aliphatic carbocycles. The highest BCUT2D eigenvalue weighted by Gasteiger charge is 2.26. The number of fused-ring (bicyclic) bond motifs is 1. The van der Waals surface area contributed by atoms with E-state index < -0.39 is 0 Å². The van der Waals surface area contributed by atoms with Crippen LogP contribution in [0.25, 0.3) is 11.2 Å². The van der Waals surface area contributed by atoms with E-state index in [9.17, 15) is 0 Å². The molecule has 0 spiro atoms. The zero-order valence-corrected chi connectivity index (χ0v) is 12.7. The van der Waals surface area contributed by atoms with Crippen LogP contribution in [0.2, 0.25) is 0 Å². The van der Waals surface area contributed by atoms with Crippen LogP contribution in [0.1, 0.15) is 33.0 Å². The molecule has 3 heterocycles. The predicted molar refractivity (Wildman–Crippen MR) is 81.7 cm³/mol. The zero-order chi connectivity index (χ0) is 14.1. The number of likely N-dealkylation sites (tertiary alicyclic amines) is 1. The molecule has 4 nitrogen and oxygen atoms in total. The second-order valence-electron chi connectivity index (χ2n) is 6.07. The van der Waals surface area contributed by atoms with E-state index in [-0.39, 0.29) is 0 Å². The van der Waals surface area contributed by atoms with Crippen LogP contribution < -0.4 is 0 Å². The minimum Gasteiger partial charge on any atom is -0.313 e. The summed E-state index contributed by atoms with van der Waals surface area (Å²) in [4.78, 5) is 11.9. The highest BCUT2D eigenvalue weighted by molar-refractivity contribution is 5.71. The lowest BCUT2D eigenvalue weighted by molar-refractivity contribution is 0.264. The third-order valence-electron chi connectivity index (χ3n) is 4.42. The molecule has 0 amide bonds. The van der Waals surface area contributed by atoms with E-state index in [2.05, 4.69) is 41.3 Å². The van der Waals surface area contributed by atoms with Crippen molar-refractivity contribution in [2.45, 2.75) is 46.2 Å². The van der Waals surface area contributed by atoms with Gasteiger partial charge in [-0.1, -0.05) is 0 Å². The van der Waals surface area contributed by atoms with Gasteiger partial charge in [0.05, 0.1) is 0 Å². The number of aryl methyl sites for hydroxylation is 1. The summed E-state index contributed by atoms with van der Waals surface area (Å²) >= 11 is 0. The summed E-state index contributed by atoms with van der Waals surface area (Å²) < 4.78 is 2.27. The van der Waals surface area contributed by atoms with Crippen LogP contribution >= 0.6 is 0 Å². The monoisotopic (exact) mass is 272 g/mol. The number of nitrogens with zero attached hydrogens (tertiary/aromatic N) is 4. The molecule has 1 aliphatic heterocycles. The fraction of sp³-hybridized carbons (Fsp3) is 0.625. The molecular formula is C16H24N4. The van der Waals surface area contributed by atoms with Crippen LogP contribution in [-0.4, -0.2) is 38.6 Å². The molecule has 20 heavy (non-hydrogen) atoms. The predicted octanol–water partition coefficient (Wildman–Crippen LogP) is 2.72. The van der Waals surface area contributed by atoms with Gasteiger partial charge in [-0.2, -0.15) is 0 Å². The van der Waals surface area contributed by atoms with Gasteiger partial charge in [0, 0.05) is 31.7 Å². The van der Waals surface area contributed by atoms with Gasteiger partial charge in [0.2, 0.25) is 0 Å². The fourth-order valence-electron chi connectivity index (χ4n) is 3.25. The third-order valence-corrected chi connectivity index (χ3v) is 4.42. The van der Waals surface area contributed by atoms with Gasteiger partial charge in [-0.25, -0.2) is 9.97 Å². The summed E-state index contributed by atoms with van der Waals surface area (Å²) in [5.74, 6) is 1.94. The van der Waals surface area contributed by atoms with Crippen LogP contribution in [-0.2, 0) is 13.0 Å². The maximum absolute atomic E-state index is 4.80. The second kappa shape index (κ2) is 5.52. The minimum absolute atomic E-state index is 0.659. The van der Waals surface area contributed by atoms with E-state index in [0.29, 0.717) is 6.04 Å². The topological polar surface area (TPSA) is 34.0 Å². The second-order valence-corrected chi connectivity index (χ2v) is 6.07. The molecule has 108 valence electrons. The number of hydrogen-bond acceptors (Lipinski definition) is 3. The van der Waals surface area contributed by atoms with Gasteiger partial charge < -0.3 is 9.47 Å². The molecule has 0 radical (unpaired) electrons. The first-order valence-corrected chi connectivity index (χ1v) is 7.73. The number of aromatic nitrogens is 3. The Morgan fingerprint density at radius 2 is 2.25 bits per heavy atom. The third kappa shape index (κ3) is 2.44. The first kappa shape index (κ1) is 13.6. The Hall–Kier alpha value is -1.42. The number of hydrogen-bond donors (Lipinski definition) is 0. The van der Waals surface area contributed by atoms with Gasteiger partial charge in [-0.05, 0) is 51.8 Å². The van der Waals surface area contributed by atoms with E-state index in [1.807, 2.05) is 12.3 Å². The molecule has 1 aliphatic rings. The highest BCUT2D eigenvalue weighted by atomic mass is 15.2. The van der Waals surface area contributed by atoms with Gasteiger partial charge in [-0.3, -0.25) is 0 Å². The van der Waals surface area contributed by atoms with E-state index in [4.69, 9.17) is 4.98 Å². The summed E-state index contributed by atoms with van der Waals surface area (Å²) in [6.07, 6.45) is 4.22. The van der Waals surface area contributed by atoms with E-state index in [1.165, 1.54) is 25.3 Å². The Balaban J connectivity index is 1.81. The van der Waals surface area contributed by atoms with E-state index in [0.717, 1.165) is 30.0 Å². The minimum atomic E-state index is 0.659. The van der Waals surface area contributed by atoms with Crippen molar-refractivity contribution in [3.8, 4) is 0 Å². The SMILES string of the molecule is CCn1c(CC2CCN(C(C)C)C2)nc2cccnc21. The van der Waals surface area contributed by atoms with Crippen LogP contribution in [0.3, 0.4) is 0 Å². The number of rotatable bonds is 4. The van der Waals surface area contributed by atoms with Crippen LogP contribution in [0.15, 0.2) is 18.3 Å². The Kier molecular flexibility index (Phi) is 3.74. The van der Waals surface area contributed by atoms with Gasteiger partial charge in [0.15, 0.2) is 5.65 Å². The molecule has 1 unspecified atom stereocenters. The quantitative estimate of drug-likeness (QED) is 0.858. The highest BCUT2D eigenvalue weighted by Crippen LogP contribution is 2.23. The van der Waals surface area contributed by atoms with Crippen molar-refractivity contribution in [2.75, 3.05) is 13.1 Å². The first-order valence-electron chi connectivity index (χ1n) is 7.73. The zero-order valence-electron chi connectivity index (χ0n) is 12.7. The molecule has 1 atom stereocenters. The molecule has 2 aromatic rings. The average Bonchev–Trinajstić information content (AvgIpc) is 3.02. The Labute approximate surface area is 120 Å². The molecule has 1 saturated heterocycles. The molecule has 1 fully saturated rings.